The van der Waals surface area contributed by atoms with E-state index in [2.05, 4.69) is 18.9 Å². The molecule has 0 saturated carbocycles. The van der Waals surface area contributed by atoms with Gasteiger partial charge in [-0.2, -0.15) is 5.10 Å². The van der Waals surface area contributed by atoms with Crippen LogP contribution >= 0.6 is 0 Å². The third-order valence-electron chi connectivity index (χ3n) is 2.13. The molecule has 0 aromatic carbocycles. The maximum absolute atomic E-state index is 9.07. The van der Waals surface area contributed by atoms with Gasteiger partial charge >= 0.3 is 0 Å². The van der Waals surface area contributed by atoms with Crippen LogP contribution in [-0.4, -0.2) is 14.9 Å². The van der Waals surface area contributed by atoms with Gasteiger partial charge in [0.05, 0.1) is 12.8 Å². The van der Waals surface area contributed by atoms with Crippen LogP contribution in [-0.2, 0) is 19.6 Å². The Morgan fingerprint density at radius 1 is 1.38 bits per heavy atom. The Morgan fingerprint density at radius 3 is 2.69 bits per heavy atom. The molecule has 3 heteroatoms. The second-order valence-electron chi connectivity index (χ2n) is 3.25. The van der Waals surface area contributed by atoms with E-state index in [1.165, 1.54) is 5.69 Å². The van der Waals surface area contributed by atoms with E-state index in [1.54, 1.807) is 6.20 Å². The summed E-state index contributed by atoms with van der Waals surface area (Å²) in [6.07, 6.45) is 4.97. The van der Waals surface area contributed by atoms with Crippen LogP contribution in [0.1, 0.15) is 37.9 Å². The SMILES string of the molecule is CCCc1c(CO)cnn1CCC. The van der Waals surface area contributed by atoms with Crippen LogP contribution in [0.5, 0.6) is 0 Å². The van der Waals surface area contributed by atoms with Gasteiger partial charge in [-0.3, -0.25) is 4.68 Å². The summed E-state index contributed by atoms with van der Waals surface area (Å²) in [6.45, 7) is 5.34. The van der Waals surface area contributed by atoms with E-state index in [0.717, 1.165) is 31.4 Å². The molecule has 0 aliphatic heterocycles. The summed E-state index contributed by atoms with van der Waals surface area (Å²) in [5.41, 5.74) is 2.18. The molecule has 0 bridgehead atoms. The zero-order valence-electron chi connectivity index (χ0n) is 8.45. The summed E-state index contributed by atoms with van der Waals surface area (Å²) in [4.78, 5) is 0. The van der Waals surface area contributed by atoms with Gasteiger partial charge in [-0.05, 0) is 12.8 Å². The minimum atomic E-state index is 0.110. The van der Waals surface area contributed by atoms with Gasteiger partial charge in [0.2, 0.25) is 0 Å². The average molecular weight is 182 g/mol. The molecule has 0 atom stereocenters. The third kappa shape index (κ3) is 2.31. The van der Waals surface area contributed by atoms with Crippen molar-refractivity contribution < 1.29 is 5.11 Å². The molecule has 0 aliphatic carbocycles. The topological polar surface area (TPSA) is 38.1 Å². The zero-order chi connectivity index (χ0) is 9.68. The molecule has 1 aromatic heterocycles. The zero-order valence-corrected chi connectivity index (χ0v) is 8.45. The summed E-state index contributed by atoms with van der Waals surface area (Å²) < 4.78 is 2.01. The minimum absolute atomic E-state index is 0.110. The summed E-state index contributed by atoms with van der Waals surface area (Å²) in [7, 11) is 0. The lowest BCUT2D eigenvalue weighted by atomic mass is 10.2. The highest BCUT2D eigenvalue weighted by Crippen LogP contribution is 2.11. The van der Waals surface area contributed by atoms with Crippen LogP contribution in [0, 0.1) is 0 Å². The monoisotopic (exact) mass is 182 g/mol. The molecule has 1 rings (SSSR count). The van der Waals surface area contributed by atoms with Crippen molar-refractivity contribution in [1.82, 2.24) is 9.78 Å². The van der Waals surface area contributed by atoms with Crippen molar-refractivity contribution in [2.75, 3.05) is 0 Å². The predicted molar refractivity (Wildman–Crippen MR) is 52.4 cm³/mol. The van der Waals surface area contributed by atoms with Crippen LogP contribution in [0.15, 0.2) is 6.20 Å². The highest BCUT2D eigenvalue weighted by atomic mass is 16.3. The van der Waals surface area contributed by atoms with E-state index in [-0.39, 0.29) is 6.61 Å². The smallest absolute Gasteiger partial charge is 0.0715 e. The van der Waals surface area contributed by atoms with Crippen molar-refractivity contribution in [3.63, 3.8) is 0 Å². The Balaban J connectivity index is 2.85. The molecule has 3 nitrogen and oxygen atoms in total. The maximum atomic E-state index is 9.07. The highest BCUT2D eigenvalue weighted by Gasteiger charge is 2.07. The lowest BCUT2D eigenvalue weighted by molar-refractivity contribution is 0.280. The summed E-state index contributed by atoms with van der Waals surface area (Å²) >= 11 is 0. The summed E-state index contributed by atoms with van der Waals surface area (Å²) in [5, 5.41) is 13.3. The van der Waals surface area contributed by atoms with Crippen molar-refractivity contribution in [2.45, 2.75) is 46.3 Å². The van der Waals surface area contributed by atoms with Crippen molar-refractivity contribution in [1.29, 1.82) is 0 Å². The largest absolute Gasteiger partial charge is 0.392 e. The van der Waals surface area contributed by atoms with Gasteiger partial charge in [-0.1, -0.05) is 20.3 Å². The standard InChI is InChI=1S/C10H18N2O/c1-3-5-10-9(8-13)7-11-12(10)6-4-2/h7,13H,3-6,8H2,1-2H3. The quantitative estimate of drug-likeness (QED) is 0.753. The first-order valence-corrected chi connectivity index (χ1v) is 4.97. The van der Waals surface area contributed by atoms with Gasteiger partial charge in [-0.15, -0.1) is 0 Å². The first-order valence-electron chi connectivity index (χ1n) is 4.97. The third-order valence-corrected chi connectivity index (χ3v) is 2.13. The van der Waals surface area contributed by atoms with Gasteiger partial charge in [0.25, 0.3) is 0 Å². The molecule has 1 aromatic rings. The first kappa shape index (κ1) is 10.3. The van der Waals surface area contributed by atoms with E-state index >= 15 is 0 Å². The van der Waals surface area contributed by atoms with Crippen LogP contribution < -0.4 is 0 Å². The number of nitrogens with zero attached hydrogens (tertiary/aromatic N) is 2. The van der Waals surface area contributed by atoms with Gasteiger partial charge < -0.3 is 5.11 Å². The fraction of sp³-hybridized carbons (Fsp3) is 0.700. The minimum Gasteiger partial charge on any atom is -0.392 e. The molecular weight excluding hydrogens is 164 g/mol. The Bertz CT molecular complexity index is 255. The van der Waals surface area contributed by atoms with Gasteiger partial charge in [0, 0.05) is 17.8 Å². The molecule has 0 aliphatic rings. The highest BCUT2D eigenvalue weighted by molar-refractivity contribution is 5.16. The average Bonchev–Trinajstić information content (AvgIpc) is 2.50. The summed E-state index contributed by atoms with van der Waals surface area (Å²) in [5.74, 6) is 0. The first-order chi connectivity index (χ1) is 6.33. The van der Waals surface area contributed by atoms with Crippen molar-refractivity contribution in [3.05, 3.63) is 17.5 Å². The number of aromatic nitrogens is 2. The van der Waals surface area contributed by atoms with E-state index in [0.29, 0.717) is 0 Å². The molecule has 13 heavy (non-hydrogen) atoms. The fourth-order valence-corrected chi connectivity index (χ4v) is 1.51. The number of rotatable bonds is 5. The number of aliphatic hydroxyl groups is 1. The molecule has 0 fully saturated rings. The van der Waals surface area contributed by atoms with E-state index in [4.69, 9.17) is 5.11 Å². The molecule has 0 saturated heterocycles. The predicted octanol–water partition coefficient (Wildman–Crippen LogP) is 1.74. The van der Waals surface area contributed by atoms with Crippen molar-refractivity contribution >= 4 is 0 Å². The van der Waals surface area contributed by atoms with E-state index < -0.39 is 0 Å². The molecule has 0 spiro atoms. The second kappa shape index (κ2) is 5.02. The molecule has 0 unspecified atom stereocenters. The molecule has 0 amide bonds. The normalized spacial score (nSPS) is 10.7. The Morgan fingerprint density at radius 2 is 2.15 bits per heavy atom. The summed E-state index contributed by atoms with van der Waals surface area (Å²) in [6, 6.07) is 0. The number of aliphatic hydroxyl groups excluding tert-OH is 1. The lowest BCUT2D eigenvalue weighted by Gasteiger charge is -2.06. The number of hydrogen-bond acceptors (Lipinski definition) is 2. The lowest BCUT2D eigenvalue weighted by Crippen LogP contribution is -2.05. The van der Waals surface area contributed by atoms with Gasteiger partial charge in [-0.25, -0.2) is 0 Å². The second-order valence-corrected chi connectivity index (χ2v) is 3.25. The molecule has 1 heterocycles. The molecule has 1 N–H and O–H groups in total. The molecule has 0 radical (unpaired) electrons. The van der Waals surface area contributed by atoms with Crippen LogP contribution in [0.3, 0.4) is 0 Å². The maximum Gasteiger partial charge on any atom is 0.0715 e. The number of aryl methyl sites for hydroxylation is 1. The Hall–Kier alpha value is -0.830. The van der Waals surface area contributed by atoms with Gasteiger partial charge in [0.15, 0.2) is 0 Å². The van der Waals surface area contributed by atoms with Crippen LogP contribution in [0.2, 0.25) is 0 Å². The van der Waals surface area contributed by atoms with Crippen LogP contribution in [0.4, 0.5) is 0 Å². The van der Waals surface area contributed by atoms with Crippen LogP contribution in [0.25, 0.3) is 0 Å². The molecule has 74 valence electrons. The van der Waals surface area contributed by atoms with E-state index in [1.807, 2.05) is 4.68 Å². The van der Waals surface area contributed by atoms with E-state index in [9.17, 15) is 0 Å². The van der Waals surface area contributed by atoms with Gasteiger partial charge in [0.1, 0.15) is 0 Å². The number of hydrogen-bond donors (Lipinski definition) is 1. The Kier molecular flexibility index (Phi) is 3.96. The fourth-order valence-electron chi connectivity index (χ4n) is 1.51. The molecular formula is C10H18N2O. The Labute approximate surface area is 79.4 Å². The van der Waals surface area contributed by atoms with Crippen molar-refractivity contribution in [2.24, 2.45) is 0 Å². The van der Waals surface area contributed by atoms with Crippen molar-refractivity contribution in [3.8, 4) is 0 Å².